The Morgan fingerprint density at radius 1 is 1.19 bits per heavy atom. The Labute approximate surface area is 162 Å². The van der Waals surface area contributed by atoms with Crippen LogP contribution in [0, 0.1) is 0 Å². The van der Waals surface area contributed by atoms with Crippen molar-refractivity contribution in [1.82, 2.24) is 14.8 Å². The van der Waals surface area contributed by atoms with Crippen molar-refractivity contribution in [1.29, 1.82) is 0 Å². The predicted molar refractivity (Wildman–Crippen MR) is 101 cm³/mol. The molecule has 2 aromatic rings. The van der Waals surface area contributed by atoms with Crippen LogP contribution in [0.5, 0.6) is 5.75 Å². The van der Waals surface area contributed by atoms with E-state index < -0.39 is 6.10 Å². The second kappa shape index (κ2) is 8.96. The third-order valence-electron chi connectivity index (χ3n) is 4.34. The third kappa shape index (κ3) is 5.27. The van der Waals surface area contributed by atoms with E-state index in [1.165, 1.54) is 18.3 Å². The number of nitrogens with zero attached hydrogens (tertiary/aromatic N) is 3. The first-order chi connectivity index (χ1) is 13.0. The Balaban J connectivity index is 1.46. The minimum atomic E-state index is -1.00. The fraction of sp³-hybridized carbons (Fsp3) is 0.421. The first-order valence-electron chi connectivity index (χ1n) is 8.88. The maximum atomic E-state index is 12.5. The van der Waals surface area contributed by atoms with Crippen molar-refractivity contribution >= 4 is 23.2 Å². The molecule has 2 amide bonds. The molecular weight excluding hydrogens is 366 g/mol. The zero-order valence-electron chi connectivity index (χ0n) is 15.2. The molecule has 1 atom stereocenters. The van der Waals surface area contributed by atoms with Gasteiger partial charge in [-0.25, -0.2) is 4.98 Å². The molecule has 1 fully saturated rings. The predicted octanol–water partition coefficient (Wildman–Crippen LogP) is 1.32. The zero-order valence-corrected chi connectivity index (χ0v) is 16.0. The summed E-state index contributed by atoms with van der Waals surface area (Å²) < 4.78 is 5.67. The van der Waals surface area contributed by atoms with Crippen molar-refractivity contribution < 1.29 is 19.4 Å². The lowest BCUT2D eigenvalue weighted by Crippen LogP contribution is -2.52. The van der Waals surface area contributed by atoms with Crippen molar-refractivity contribution in [3.8, 4) is 5.75 Å². The van der Waals surface area contributed by atoms with Crippen LogP contribution in [-0.2, 0) is 22.6 Å². The van der Waals surface area contributed by atoms with Gasteiger partial charge in [0.2, 0.25) is 5.91 Å². The smallest absolute Gasteiger partial charge is 0.251 e. The molecular formula is C19H23N3O4S. The molecule has 144 valence electrons. The van der Waals surface area contributed by atoms with E-state index in [4.69, 9.17) is 4.74 Å². The van der Waals surface area contributed by atoms with Gasteiger partial charge in [-0.05, 0) is 19.1 Å². The third-order valence-corrected chi connectivity index (χ3v) is 5.21. The lowest BCUT2D eigenvalue weighted by molar-refractivity contribution is -0.144. The Hall–Kier alpha value is -2.45. The average Bonchev–Trinajstić information content (AvgIpc) is 3.14. The number of aromatic nitrogens is 1. The summed E-state index contributed by atoms with van der Waals surface area (Å²) in [5.74, 6) is 0.500. The number of aliphatic hydroxyl groups is 1. The standard InChI is InChI=1S/C19H23N3O4S/c1-14(23)19(25)22-9-7-21(8-10-22)18(24)11-15-13-27-17(20-15)12-26-16-5-3-2-4-6-16/h2-6,13-14,23H,7-12H2,1H3. The lowest BCUT2D eigenvalue weighted by Gasteiger charge is -2.35. The first kappa shape index (κ1) is 19.3. The SMILES string of the molecule is CC(O)C(=O)N1CCN(C(=O)Cc2csc(COc3ccccc3)n2)CC1. The van der Waals surface area contributed by atoms with Gasteiger partial charge in [0.15, 0.2) is 0 Å². The summed E-state index contributed by atoms with van der Waals surface area (Å²) in [5, 5.41) is 12.1. The molecule has 3 rings (SSSR count). The van der Waals surface area contributed by atoms with Crippen molar-refractivity contribution in [3.63, 3.8) is 0 Å². The van der Waals surface area contributed by atoms with Crippen LogP contribution in [-0.4, -0.2) is 64.0 Å². The van der Waals surface area contributed by atoms with Gasteiger partial charge in [0, 0.05) is 31.6 Å². The van der Waals surface area contributed by atoms with E-state index in [9.17, 15) is 14.7 Å². The number of thiazole rings is 1. The summed E-state index contributed by atoms with van der Waals surface area (Å²) >= 11 is 1.48. The number of benzene rings is 1. The molecule has 0 spiro atoms. The van der Waals surface area contributed by atoms with E-state index in [1.54, 1.807) is 9.80 Å². The second-order valence-corrected chi connectivity index (χ2v) is 7.34. The molecule has 1 N–H and O–H groups in total. The maximum Gasteiger partial charge on any atom is 0.251 e. The summed E-state index contributed by atoms with van der Waals surface area (Å²) in [7, 11) is 0. The Morgan fingerprint density at radius 3 is 2.52 bits per heavy atom. The highest BCUT2D eigenvalue weighted by atomic mass is 32.1. The van der Waals surface area contributed by atoms with Crippen LogP contribution < -0.4 is 4.74 Å². The van der Waals surface area contributed by atoms with Crippen LogP contribution >= 0.6 is 11.3 Å². The van der Waals surface area contributed by atoms with E-state index in [1.807, 2.05) is 35.7 Å². The zero-order chi connectivity index (χ0) is 19.2. The Bertz CT molecular complexity index is 770. The molecule has 1 aromatic carbocycles. The molecule has 0 saturated carbocycles. The van der Waals surface area contributed by atoms with Crippen molar-refractivity contribution in [3.05, 3.63) is 46.4 Å². The number of para-hydroxylation sites is 1. The fourth-order valence-electron chi connectivity index (χ4n) is 2.87. The molecule has 7 nitrogen and oxygen atoms in total. The van der Waals surface area contributed by atoms with Gasteiger partial charge in [0.25, 0.3) is 5.91 Å². The number of aliphatic hydroxyl groups excluding tert-OH is 1. The number of piperazine rings is 1. The highest BCUT2D eigenvalue weighted by molar-refractivity contribution is 7.09. The van der Waals surface area contributed by atoms with Crippen molar-refractivity contribution in [2.45, 2.75) is 26.1 Å². The Kier molecular flexibility index (Phi) is 6.41. The summed E-state index contributed by atoms with van der Waals surface area (Å²) in [5.41, 5.74) is 0.735. The summed E-state index contributed by atoms with van der Waals surface area (Å²) in [4.78, 5) is 32.1. The van der Waals surface area contributed by atoms with E-state index in [0.29, 0.717) is 32.8 Å². The molecule has 1 aliphatic rings. The van der Waals surface area contributed by atoms with Gasteiger partial charge in [-0.3, -0.25) is 9.59 Å². The van der Waals surface area contributed by atoms with Gasteiger partial charge in [-0.1, -0.05) is 18.2 Å². The molecule has 1 saturated heterocycles. The molecule has 0 radical (unpaired) electrons. The van der Waals surface area contributed by atoms with Crippen LogP contribution in [0.15, 0.2) is 35.7 Å². The molecule has 27 heavy (non-hydrogen) atoms. The van der Waals surface area contributed by atoms with E-state index in [-0.39, 0.29) is 18.2 Å². The molecule has 0 aliphatic carbocycles. The molecule has 1 aromatic heterocycles. The molecule has 1 unspecified atom stereocenters. The highest BCUT2D eigenvalue weighted by Crippen LogP contribution is 2.16. The molecule has 1 aliphatic heterocycles. The monoisotopic (exact) mass is 389 g/mol. The largest absolute Gasteiger partial charge is 0.486 e. The Morgan fingerprint density at radius 2 is 1.85 bits per heavy atom. The fourth-order valence-corrected chi connectivity index (χ4v) is 3.57. The van der Waals surface area contributed by atoms with Gasteiger partial charge in [-0.15, -0.1) is 11.3 Å². The number of hydrogen-bond acceptors (Lipinski definition) is 6. The minimum absolute atomic E-state index is 0.0000244. The number of rotatable bonds is 6. The first-order valence-corrected chi connectivity index (χ1v) is 9.76. The van der Waals surface area contributed by atoms with Crippen molar-refractivity contribution in [2.75, 3.05) is 26.2 Å². The lowest BCUT2D eigenvalue weighted by atomic mass is 10.2. The van der Waals surface area contributed by atoms with Crippen LogP contribution in [0.4, 0.5) is 0 Å². The van der Waals surface area contributed by atoms with Gasteiger partial charge in [0.1, 0.15) is 23.5 Å². The topological polar surface area (TPSA) is 83.0 Å². The number of carbonyl (C=O) groups is 2. The second-order valence-electron chi connectivity index (χ2n) is 6.39. The normalized spacial score (nSPS) is 15.5. The number of amides is 2. The number of hydrogen-bond donors (Lipinski definition) is 1. The van der Waals surface area contributed by atoms with Gasteiger partial charge in [-0.2, -0.15) is 0 Å². The van der Waals surface area contributed by atoms with Crippen LogP contribution in [0.1, 0.15) is 17.6 Å². The average molecular weight is 389 g/mol. The molecule has 8 heteroatoms. The van der Waals surface area contributed by atoms with Gasteiger partial charge in [0.05, 0.1) is 12.1 Å². The van der Waals surface area contributed by atoms with Crippen LogP contribution in [0.25, 0.3) is 0 Å². The summed E-state index contributed by atoms with van der Waals surface area (Å²) in [6.45, 7) is 3.69. The quantitative estimate of drug-likeness (QED) is 0.806. The summed E-state index contributed by atoms with van der Waals surface area (Å²) in [6, 6.07) is 9.53. The summed E-state index contributed by atoms with van der Waals surface area (Å²) in [6.07, 6.45) is -0.759. The van der Waals surface area contributed by atoms with E-state index in [0.717, 1.165) is 16.5 Å². The van der Waals surface area contributed by atoms with Crippen LogP contribution in [0.2, 0.25) is 0 Å². The van der Waals surface area contributed by atoms with Crippen LogP contribution in [0.3, 0.4) is 0 Å². The number of carbonyl (C=O) groups excluding carboxylic acids is 2. The molecule has 0 bridgehead atoms. The van der Waals surface area contributed by atoms with E-state index >= 15 is 0 Å². The van der Waals surface area contributed by atoms with Crippen molar-refractivity contribution in [2.24, 2.45) is 0 Å². The number of ether oxygens (including phenoxy) is 1. The minimum Gasteiger partial charge on any atom is -0.486 e. The van der Waals surface area contributed by atoms with Gasteiger partial charge >= 0.3 is 0 Å². The van der Waals surface area contributed by atoms with Gasteiger partial charge < -0.3 is 19.6 Å². The van der Waals surface area contributed by atoms with E-state index in [2.05, 4.69) is 4.98 Å². The maximum absolute atomic E-state index is 12.5. The molecule has 2 heterocycles. The highest BCUT2D eigenvalue weighted by Gasteiger charge is 2.26.